The lowest BCUT2D eigenvalue weighted by Crippen LogP contribution is -2.08. The Hall–Kier alpha value is -0.870. The van der Waals surface area contributed by atoms with Gasteiger partial charge >= 0.3 is 0 Å². The van der Waals surface area contributed by atoms with Gasteiger partial charge in [-0.05, 0) is 26.4 Å². The molecule has 1 saturated heterocycles. The Labute approximate surface area is 83.9 Å². The van der Waals surface area contributed by atoms with Crippen LogP contribution in [0.3, 0.4) is 0 Å². The molecule has 0 amide bonds. The van der Waals surface area contributed by atoms with Crippen molar-refractivity contribution in [2.45, 2.75) is 25.7 Å². The maximum Gasteiger partial charge on any atom is 0.199 e. The van der Waals surface area contributed by atoms with Crippen LogP contribution in [-0.2, 0) is 6.42 Å². The molecule has 0 aliphatic carbocycles. The molecule has 3 N–H and O–H groups in total. The fourth-order valence-corrected chi connectivity index (χ4v) is 1.85. The van der Waals surface area contributed by atoms with Crippen LogP contribution >= 0.6 is 0 Å². The van der Waals surface area contributed by atoms with Crippen molar-refractivity contribution in [1.82, 2.24) is 10.3 Å². The Kier molecular flexibility index (Phi) is 2.84. The summed E-state index contributed by atoms with van der Waals surface area (Å²) in [5, 5.41) is 3.31. The van der Waals surface area contributed by atoms with Crippen LogP contribution in [0.4, 0.5) is 0 Å². The van der Waals surface area contributed by atoms with E-state index in [0.717, 1.165) is 43.3 Å². The lowest BCUT2D eigenvalue weighted by molar-refractivity contribution is 0.426. The highest BCUT2D eigenvalue weighted by Crippen LogP contribution is 2.23. The van der Waals surface area contributed by atoms with Crippen molar-refractivity contribution < 1.29 is 4.42 Å². The van der Waals surface area contributed by atoms with Gasteiger partial charge in [0, 0.05) is 18.9 Å². The van der Waals surface area contributed by atoms with E-state index in [2.05, 4.69) is 10.3 Å². The van der Waals surface area contributed by atoms with Crippen LogP contribution in [0.5, 0.6) is 0 Å². The van der Waals surface area contributed by atoms with Gasteiger partial charge in [0.2, 0.25) is 0 Å². The molecule has 2 heterocycles. The lowest BCUT2D eigenvalue weighted by atomic mass is 10.1. The summed E-state index contributed by atoms with van der Waals surface area (Å²) in [6.45, 7) is 4.67. The van der Waals surface area contributed by atoms with E-state index in [1.807, 2.05) is 6.92 Å². The molecule has 1 unspecified atom stereocenters. The topological polar surface area (TPSA) is 64.1 Å². The third-order valence-corrected chi connectivity index (χ3v) is 2.69. The first kappa shape index (κ1) is 9.68. The van der Waals surface area contributed by atoms with E-state index in [-0.39, 0.29) is 0 Å². The molecule has 1 aromatic heterocycles. The van der Waals surface area contributed by atoms with Crippen LogP contribution < -0.4 is 11.1 Å². The van der Waals surface area contributed by atoms with Crippen molar-refractivity contribution in [2.75, 3.05) is 19.6 Å². The van der Waals surface area contributed by atoms with Crippen LogP contribution in [0.2, 0.25) is 0 Å². The van der Waals surface area contributed by atoms with Crippen molar-refractivity contribution in [3.05, 3.63) is 17.3 Å². The van der Waals surface area contributed by atoms with Gasteiger partial charge in [0.05, 0.1) is 5.69 Å². The minimum absolute atomic E-state index is 0.459. The van der Waals surface area contributed by atoms with Gasteiger partial charge in [-0.2, -0.15) is 0 Å². The largest absolute Gasteiger partial charge is 0.445 e. The Morgan fingerprint density at radius 1 is 1.64 bits per heavy atom. The second-order valence-electron chi connectivity index (χ2n) is 3.79. The number of oxazole rings is 1. The Morgan fingerprint density at radius 2 is 2.50 bits per heavy atom. The summed E-state index contributed by atoms with van der Waals surface area (Å²) in [6.07, 6.45) is 1.92. The second-order valence-corrected chi connectivity index (χ2v) is 3.79. The molecule has 14 heavy (non-hydrogen) atoms. The van der Waals surface area contributed by atoms with Crippen molar-refractivity contribution in [3.63, 3.8) is 0 Å². The lowest BCUT2D eigenvalue weighted by Gasteiger charge is -2.00. The summed E-state index contributed by atoms with van der Waals surface area (Å²) in [4.78, 5) is 4.45. The summed E-state index contributed by atoms with van der Waals surface area (Å²) in [5.41, 5.74) is 6.49. The molecule has 0 spiro atoms. The zero-order chi connectivity index (χ0) is 9.97. The number of nitrogens with one attached hydrogen (secondary N) is 1. The highest BCUT2D eigenvalue weighted by molar-refractivity contribution is 5.11. The van der Waals surface area contributed by atoms with E-state index in [9.17, 15) is 0 Å². The molecule has 1 atom stereocenters. The van der Waals surface area contributed by atoms with Crippen LogP contribution in [0.25, 0.3) is 0 Å². The molecular weight excluding hydrogens is 178 g/mol. The number of aryl methyl sites for hydroxylation is 1. The van der Waals surface area contributed by atoms with Crippen LogP contribution in [0.1, 0.15) is 29.7 Å². The minimum atomic E-state index is 0.459. The Bertz CT molecular complexity index is 302. The standard InChI is InChI=1S/C10H17N3O/c1-7-9(2-4-11)14-10(13-7)8-3-5-12-6-8/h8,12H,2-6,11H2,1H3. The monoisotopic (exact) mass is 195 g/mol. The van der Waals surface area contributed by atoms with Crippen LogP contribution in [-0.4, -0.2) is 24.6 Å². The summed E-state index contributed by atoms with van der Waals surface area (Å²) < 4.78 is 5.71. The number of hydrogen-bond donors (Lipinski definition) is 2. The van der Waals surface area contributed by atoms with Gasteiger partial charge in [-0.3, -0.25) is 0 Å². The van der Waals surface area contributed by atoms with Crippen LogP contribution in [0, 0.1) is 6.92 Å². The fraction of sp³-hybridized carbons (Fsp3) is 0.700. The summed E-state index contributed by atoms with van der Waals surface area (Å²) in [5.74, 6) is 2.30. The molecule has 78 valence electrons. The van der Waals surface area contributed by atoms with Crippen molar-refractivity contribution in [1.29, 1.82) is 0 Å². The number of nitrogens with zero attached hydrogens (tertiary/aromatic N) is 1. The zero-order valence-electron chi connectivity index (χ0n) is 8.55. The van der Waals surface area contributed by atoms with Crippen LogP contribution in [0.15, 0.2) is 4.42 Å². The van der Waals surface area contributed by atoms with Gasteiger partial charge in [-0.1, -0.05) is 0 Å². The Morgan fingerprint density at radius 3 is 3.14 bits per heavy atom. The molecule has 0 aromatic carbocycles. The quantitative estimate of drug-likeness (QED) is 0.739. The number of hydrogen-bond acceptors (Lipinski definition) is 4. The molecule has 1 aliphatic heterocycles. The minimum Gasteiger partial charge on any atom is -0.445 e. The molecule has 4 nitrogen and oxygen atoms in total. The molecule has 1 aromatic rings. The van der Waals surface area contributed by atoms with Crippen molar-refractivity contribution in [2.24, 2.45) is 5.73 Å². The van der Waals surface area contributed by atoms with Gasteiger partial charge < -0.3 is 15.5 Å². The Balaban J connectivity index is 2.14. The first-order valence-electron chi connectivity index (χ1n) is 5.18. The normalized spacial score (nSPS) is 21.7. The van der Waals surface area contributed by atoms with Crippen molar-refractivity contribution >= 4 is 0 Å². The highest BCUT2D eigenvalue weighted by Gasteiger charge is 2.22. The SMILES string of the molecule is Cc1nc(C2CCNC2)oc1CCN. The maximum absolute atomic E-state index is 5.71. The van der Waals surface area contributed by atoms with E-state index >= 15 is 0 Å². The smallest absolute Gasteiger partial charge is 0.199 e. The van der Waals surface area contributed by atoms with Gasteiger partial charge in [0.15, 0.2) is 5.89 Å². The van der Waals surface area contributed by atoms with E-state index in [4.69, 9.17) is 10.2 Å². The summed E-state index contributed by atoms with van der Waals surface area (Å²) in [7, 11) is 0. The van der Waals surface area contributed by atoms with E-state index in [0.29, 0.717) is 12.5 Å². The average molecular weight is 195 g/mol. The van der Waals surface area contributed by atoms with Gasteiger partial charge in [-0.15, -0.1) is 0 Å². The van der Waals surface area contributed by atoms with Gasteiger partial charge in [-0.25, -0.2) is 4.98 Å². The first-order valence-corrected chi connectivity index (χ1v) is 5.18. The van der Waals surface area contributed by atoms with Crippen molar-refractivity contribution in [3.8, 4) is 0 Å². The molecule has 0 radical (unpaired) electrons. The molecule has 0 saturated carbocycles. The van der Waals surface area contributed by atoms with Gasteiger partial charge in [0.1, 0.15) is 5.76 Å². The first-order chi connectivity index (χ1) is 6.81. The average Bonchev–Trinajstić information content (AvgIpc) is 2.76. The predicted octanol–water partition coefficient (Wildman–Crippen LogP) is 0.561. The van der Waals surface area contributed by atoms with E-state index in [1.165, 1.54) is 0 Å². The maximum atomic E-state index is 5.71. The third-order valence-electron chi connectivity index (χ3n) is 2.69. The summed E-state index contributed by atoms with van der Waals surface area (Å²) >= 11 is 0. The molecular formula is C10H17N3O. The number of rotatable bonds is 3. The third kappa shape index (κ3) is 1.81. The second kappa shape index (κ2) is 4.11. The molecule has 1 fully saturated rings. The molecule has 4 heteroatoms. The zero-order valence-corrected chi connectivity index (χ0v) is 8.55. The highest BCUT2D eigenvalue weighted by atomic mass is 16.4. The van der Waals surface area contributed by atoms with E-state index < -0.39 is 0 Å². The molecule has 2 rings (SSSR count). The predicted molar refractivity (Wildman–Crippen MR) is 54.2 cm³/mol. The molecule has 0 bridgehead atoms. The van der Waals surface area contributed by atoms with Gasteiger partial charge in [0.25, 0.3) is 0 Å². The summed E-state index contributed by atoms with van der Waals surface area (Å²) in [6, 6.07) is 0. The number of aromatic nitrogens is 1. The van der Waals surface area contributed by atoms with E-state index in [1.54, 1.807) is 0 Å². The fourth-order valence-electron chi connectivity index (χ4n) is 1.85. The molecule has 1 aliphatic rings. The number of nitrogens with two attached hydrogens (primary N) is 1.